The molecular weight excluding hydrogens is 296 g/mol. The quantitative estimate of drug-likeness (QED) is 0.726. The minimum atomic E-state index is -0.218. The van der Waals surface area contributed by atoms with Crippen molar-refractivity contribution in [2.75, 3.05) is 0 Å². The van der Waals surface area contributed by atoms with Crippen LogP contribution in [-0.4, -0.2) is 19.5 Å². The van der Waals surface area contributed by atoms with E-state index in [-0.39, 0.29) is 5.69 Å². The minimum absolute atomic E-state index is 0.218. The molecule has 0 bridgehead atoms. The van der Waals surface area contributed by atoms with E-state index in [4.69, 9.17) is 12.2 Å². The van der Waals surface area contributed by atoms with Crippen molar-refractivity contribution in [1.29, 1.82) is 0 Å². The Morgan fingerprint density at radius 1 is 1.23 bits per heavy atom. The summed E-state index contributed by atoms with van der Waals surface area (Å²) in [5, 5.41) is 0. The van der Waals surface area contributed by atoms with Gasteiger partial charge in [-0.15, -0.1) is 0 Å². The van der Waals surface area contributed by atoms with Crippen LogP contribution in [0.4, 0.5) is 0 Å². The third kappa shape index (κ3) is 2.78. The molecule has 5 nitrogen and oxygen atoms in total. The summed E-state index contributed by atoms with van der Waals surface area (Å²) in [5.41, 5.74) is 2.16. The average molecular weight is 312 g/mol. The molecule has 0 aliphatic heterocycles. The lowest BCUT2D eigenvalue weighted by atomic mass is 10.2. The number of aromatic nitrogens is 4. The maximum Gasteiger partial charge on any atom is 0.328 e. The third-order valence-electron chi connectivity index (χ3n) is 3.33. The van der Waals surface area contributed by atoms with Gasteiger partial charge in [0, 0.05) is 6.54 Å². The lowest BCUT2D eigenvalue weighted by molar-refractivity contribution is 0.654. The van der Waals surface area contributed by atoms with E-state index in [1.807, 2.05) is 49.4 Å². The SMILES string of the molecule is CCCn1c(=O)[nH]c(=S)c2[nH]c(C=Cc3ccccc3)nc21. The Balaban J connectivity index is 2.08. The van der Waals surface area contributed by atoms with Crippen LogP contribution in [0.5, 0.6) is 0 Å². The number of hydrogen-bond donors (Lipinski definition) is 2. The van der Waals surface area contributed by atoms with Crippen molar-refractivity contribution in [3.63, 3.8) is 0 Å². The van der Waals surface area contributed by atoms with Gasteiger partial charge in [0.25, 0.3) is 0 Å². The number of nitrogens with zero attached hydrogens (tertiary/aromatic N) is 2. The second kappa shape index (κ2) is 6.11. The fourth-order valence-corrected chi connectivity index (χ4v) is 2.54. The van der Waals surface area contributed by atoms with Gasteiger partial charge in [0.15, 0.2) is 5.65 Å². The molecule has 0 amide bonds. The molecule has 2 heterocycles. The van der Waals surface area contributed by atoms with Gasteiger partial charge >= 0.3 is 5.69 Å². The molecule has 0 unspecified atom stereocenters. The topological polar surface area (TPSA) is 66.5 Å². The Bertz CT molecular complexity index is 934. The van der Waals surface area contributed by atoms with E-state index in [0.29, 0.717) is 28.2 Å². The number of nitrogens with one attached hydrogen (secondary N) is 2. The molecule has 0 saturated heterocycles. The molecule has 2 aromatic heterocycles. The van der Waals surface area contributed by atoms with Crippen molar-refractivity contribution in [3.8, 4) is 0 Å². The second-order valence-corrected chi connectivity index (χ2v) is 5.38. The maximum absolute atomic E-state index is 12.0. The Hall–Kier alpha value is -2.47. The van der Waals surface area contributed by atoms with Crippen LogP contribution in [0.15, 0.2) is 35.1 Å². The van der Waals surface area contributed by atoms with Gasteiger partial charge in [0.2, 0.25) is 0 Å². The van der Waals surface area contributed by atoms with E-state index in [2.05, 4.69) is 15.0 Å². The highest BCUT2D eigenvalue weighted by atomic mass is 32.1. The van der Waals surface area contributed by atoms with E-state index in [1.54, 1.807) is 4.57 Å². The highest BCUT2D eigenvalue weighted by Crippen LogP contribution is 2.13. The molecule has 0 spiro atoms. The van der Waals surface area contributed by atoms with Crippen molar-refractivity contribution >= 4 is 35.5 Å². The molecule has 2 N–H and O–H groups in total. The van der Waals surface area contributed by atoms with Crippen molar-refractivity contribution in [1.82, 2.24) is 19.5 Å². The summed E-state index contributed by atoms with van der Waals surface area (Å²) < 4.78 is 2.00. The van der Waals surface area contributed by atoms with Crippen molar-refractivity contribution in [2.24, 2.45) is 0 Å². The predicted octanol–water partition coefficient (Wildman–Crippen LogP) is 3.36. The molecule has 22 heavy (non-hydrogen) atoms. The second-order valence-electron chi connectivity index (χ2n) is 4.98. The molecule has 0 radical (unpaired) electrons. The molecule has 0 aliphatic rings. The molecule has 6 heteroatoms. The number of hydrogen-bond acceptors (Lipinski definition) is 3. The van der Waals surface area contributed by atoms with Crippen LogP contribution < -0.4 is 5.69 Å². The zero-order valence-electron chi connectivity index (χ0n) is 12.2. The maximum atomic E-state index is 12.0. The van der Waals surface area contributed by atoms with E-state index < -0.39 is 0 Å². The average Bonchev–Trinajstić information content (AvgIpc) is 2.95. The monoisotopic (exact) mass is 312 g/mol. The van der Waals surface area contributed by atoms with Gasteiger partial charge in [-0.3, -0.25) is 9.55 Å². The number of aromatic amines is 2. The smallest absolute Gasteiger partial charge is 0.328 e. The molecule has 112 valence electrons. The fourth-order valence-electron chi connectivity index (χ4n) is 2.31. The van der Waals surface area contributed by atoms with Crippen LogP contribution in [0.3, 0.4) is 0 Å². The zero-order chi connectivity index (χ0) is 15.5. The van der Waals surface area contributed by atoms with Crippen LogP contribution >= 0.6 is 12.2 Å². The van der Waals surface area contributed by atoms with E-state index in [1.165, 1.54) is 0 Å². The zero-order valence-corrected chi connectivity index (χ0v) is 13.0. The van der Waals surface area contributed by atoms with Gasteiger partial charge in [-0.1, -0.05) is 55.5 Å². The van der Waals surface area contributed by atoms with E-state index in [9.17, 15) is 4.79 Å². The predicted molar refractivity (Wildman–Crippen MR) is 91.2 cm³/mol. The van der Waals surface area contributed by atoms with Gasteiger partial charge in [0.05, 0.1) is 0 Å². The Morgan fingerprint density at radius 2 is 2.00 bits per heavy atom. The van der Waals surface area contributed by atoms with Gasteiger partial charge in [-0.25, -0.2) is 9.78 Å². The third-order valence-corrected chi connectivity index (χ3v) is 3.64. The van der Waals surface area contributed by atoms with Crippen LogP contribution in [0.2, 0.25) is 0 Å². The lowest BCUT2D eigenvalue weighted by Gasteiger charge is -2.03. The van der Waals surface area contributed by atoms with E-state index >= 15 is 0 Å². The first-order chi connectivity index (χ1) is 10.7. The highest BCUT2D eigenvalue weighted by molar-refractivity contribution is 7.71. The number of benzene rings is 1. The van der Waals surface area contributed by atoms with Crippen LogP contribution in [-0.2, 0) is 6.54 Å². The Labute approximate surface area is 132 Å². The summed E-state index contributed by atoms with van der Waals surface area (Å²) in [6, 6.07) is 9.96. The largest absolute Gasteiger partial charge is 0.335 e. The molecule has 0 aliphatic carbocycles. The van der Waals surface area contributed by atoms with E-state index in [0.717, 1.165) is 12.0 Å². The fraction of sp³-hybridized carbons (Fsp3) is 0.188. The normalized spacial score (nSPS) is 11.5. The molecule has 0 saturated carbocycles. The number of imidazole rings is 1. The van der Waals surface area contributed by atoms with Crippen molar-refractivity contribution in [3.05, 3.63) is 56.8 Å². The van der Waals surface area contributed by atoms with Gasteiger partial charge < -0.3 is 4.98 Å². The molecule has 1 aromatic carbocycles. The Morgan fingerprint density at radius 3 is 2.73 bits per heavy atom. The number of H-pyrrole nitrogens is 2. The van der Waals surface area contributed by atoms with Crippen LogP contribution in [0.25, 0.3) is 23.3 Å². The first kappa shape index (κ1) is 14.5. The summed E-state index contributed by atoms with van der Waals surface area (Å²) >= 11 is 5.21. The first-order valence-electron chi connectivity index (χ1n) is 7.15. The lowest BCUT2D eigenvalue weighted by Crippen LogP contribution is -2.23. The molecule has 0 fully saturated rings. The summed E-state index contributed by atoms with van der Waals surface area (Å²) in [6.07, 6.45) is 4.69. The van der Waals surface area contributed by atoms with Crippen LogP contribution in [0, 0.1) is 4.64 Å². The molecular formula is C16H16N4OS. The summed E-state index contributed by atoms with van der Waals surface area (Å²) in [4.78, 5) is 22.4. The first-order valence-corrected chi connectivity index (χ1v) is 7.56. The van der Waals surface area contributed by atoms with Crippen LogP contribution in [0.1, 0.15) is 24.7 Å². The summed E-state index contributed by atoms with van der Waals surface area (Å²) in [7, 11) is 0. The summed E-state index contributed by atoms with van der Waals surface area (Å²) in [5.74, 6) is 0.675. The van der Waals surface area contributed by atoms with Crippen molar-refractivity contribution in [2.45, 2.75) is 19.9 Å². The van der Waals surface area contributed by atoms with Gasteiger partial charge in [-0.2, -0.15) is 0 Å². The number of rotatable bonds is 4. The van der Waals surface area contributed by atoms with Gasteiger partial charge in [0.1, 0.15) is 16.0 Å². The molecule has 0 atom stereocenters. The highest BCUT2D eigenvalue weighted by Gasteiger charge is 2.09. The summed E-state index contributed by atoms with van der Waals surface area (Å²) in [6.45, 7) is 2.62. The molecule has 3 aromatic rings. The number of fused-ring (bicyclic) bond motifs is 1. The van der Waals surface area contributed by atoms with Gasteiger partial charge in [-0.05, 0) is 18.1 Å². The Kier molecular flexibility index (Phi) is 4.02. The minimum Gasteiger partial charge on any atom is -0.335 e. The van der Waals surface area contributed by atoms with Crippen molar-refractivity contribution < 1.29 is 0 Å². The number of aryl methyl sites for hydroxylation is 1. The molecule has 3 rings (SSSR count). The standard InChI is InChI=1S/C16H16N4OS/c1-2-10-20-14-13(15(22)19-16(20)21)17-12(18-14)9-8-11-6-4-3-5-7-11/h3-9H,2,10H2,1H3,(H,17,18)(H,19,21,22).